The minimum Gasteiger partial charge on any atom is -0.341 e. The number of rotatable bonds is 4. The van der Waals surface area contributed by atoms with Crippen molar-refractivity contribution < 1.29 is 4.79 Å². The fourth-order valence-corrected chi connectivity index (χ4v) is 3.07. The van der Waals surface area contributed by atoms with Gasteiger partial charge < -0.3 is 4.90 Å². The number of thiophene rings is 1. The molecule has 0 saturated carbocycles. The number of halogens is 2. The summed E-state index contributed by atoms with van der Waals surface area (Å²) < 4.78 is 0.950. The molecule has 0 bridgehead atoms. The number of carbonyl (C=O) groups excluding carboxylic acids is 1. The van der Waals surface area contributed by atoms with Crippen LogP contribution >= 0.6 is 34.5 Å². The number of carbonyl (C=O) groups is 1. The normalized spacial score (nSPS) is 10.5. The Kier molecular flexibility index (Phi) is 4.80. The molecule has 0 N–H and O–H groups in total. The lowest BCUT2D eigenvalue weighted by Crippen LogP contribution is -2.28. The molecule has 19 heavy (non-hydrogen) atoms. The van der Waals surface area contributed by atoms with Gasteiger partial charge in [-0.15, -0.1) is 11.3 Å². The van der Waals surface area contributed by atoms with Crippen LogP contribution in [0.25, 0.3) is 0 Å². The Balaban J connectivity index is 1.98. The number of amides is 1. The predicted molar refractivity (Wildman–Crippen MR) is 79.2 cm³/mol. The van der Waals surface area contributed by atoms with E-state index >= 15 is 0 Å². The van der Waals surface area contributed by atoms with Crippen LogP contribution in [0.1, 0.15) is 16.1 Å². The van der Waals surface area contributed by atoms with E-state index in [0.717, 1.165) is 5.69 Å². The Morgan fingerprint density at radius 1 is 1.42 bits per heavy atom. The number of aromatic nitrogens is 1. The molecule has 0 fully saturated rings. The van der Waals surface area contributed by atoms with E-state index in [9.17, 15) is 4.79 Å². The van der Waals surface area contributed by atoms with E-state index < -0.39 is 0 Å². The standard InChI is InChI=1S/C13H12Cl2N2OS/c1-17(7-5-9-4-2-3-6-16-9)13(18)10-8-11(14)19-12(10)15/h2-4,6,8H,5,7H2,1H3. The monoisotopic (exact) mass is 314 g/mol. The van der Waals surface area contributed by atoms with Crippen molar-refractivity contribution in [3.63, 3.8) is 0 Å². The van der Waals surface area contributed by atoms with Crippen molar-refractivity contribution in [1.82, 2.24) is 9.88 Å². The van der Waals surface area contributed by atoms with Crippen LogP contribution in [0.3, 0.4) is 0 Å². The molecule has 2 aromatic heterocycles. The van der Waals surface area contributed by atoms with E-state index in [-0.39, 0.29) is 5.91 Å². The van der Waals surface area contributed by atoms with Gasteiger partial charge >= 0.3 is 0 Å². The molecule has 2 rings (SSSR count). The molecule has 0 radical (unpaired) electrons. The first kappa shape index (κ1) is 14.3. The van der Waals surface area contributed by atoms with E-state index in [1.807, 2.05) is 18.2 Å². The first-order valence-corrected chi connectivity index (χ1v) is 7.25. The molecule has 0 aliphatic carbocycles. The van der Waals surface area contributed by atoms with E-state index in [4.69, 9.17) is 23.2 Å². The van der Waals surface area contributed by atoms with Gasteiger partial charge in [0.15, 0.2) is 0 Å². The van der Waals surface area contributed by atoms with E-state index in [2.05, 4.69) is 4.98 Å². The van der Waals surface area contributed by atoms with Crippen LogP contribution in [-0.2, 0) is 6.42 Å². The van der Waals surface area contributed by atoms with Crippen molar-refractivity contribution in [2.45, 2.75) is 6.42 Å². The van der Waals surface area contributed by atoms with Crippen molar-refractivity contribution in [2.75, 3.05) is 13.6 Å². The maximum atomic E-state index is 12.2. The minimum atomic E-state index is -0.121. The number of likely N-dealkylation sites (N-methyl/N-ethyl adjacent to an activating group) is 1. The van der Waals surface area contributed by atoms with Gasteiger partial charge in [0, 0.05) is 31.9 Å². The molecule has 3 nitrogen and oxygen atoms in total. The predicted octanol–water partition coefficient (Wildman–Crippen LogP) is 3.76. The number of hydrogen-bond acceptors (Lipinski definition) is 3. The second-order valence-corrected chi connectivity index (χ2v) is 6.32. The number of hydrogen-bond donors (Lipinski definition) is 0. The molecule has 2 heterocycles. The Hall–Kier alpha value is -1.10. The van der Waals surface area contributed by atoms with Crippen molar-refractivity contribution in [2.24, 2.45) is 0 Å². The zero-order valence-electron chi connectivity index (χ0n) is 10.3. The second-order valence-electron chi connectivity index (χ2n) is 4.04. The van der Waals surface area contributed by atoms with Crippen LogP contribution < -0.4 is 0 Å². The molecular formula is C13H12Cl2N2OS. The minimum absolute atomic E-state index is 0.121. The van der Waals surface area contributed by atoms with Gasteiger partial charge in [0.2, 0.25) is 0 Å². The topological polar surface area (TPSA) is 33.2 Å². The molecular weight excluding hydrogens is 303 g/mol. The molecule has 100 valence electrons. The summed E-state index contributed by atoms with van der Waals surface area (Å²) >= 11 is 13.0. The van der Waals surface area contributed by atoms with E-state index in [1.54, 1.807) is 24.2 Å². The highest BCUT2D eigenvalue weighted by Crippen LogP contribution is 2.31. The molecule has 0 aromatic carbocycles. The second kappa shape index (κ2) is 6.37. The fourth-order valence-electron chi connectivity index (χ4n) is 1.62. The van der Waals surface area contributed by atoms with Crippen LogP contribution in [0, 0.1) is 0 Å². The third-order valence-electron chi connectivity index (χ3n) is 2.66. The van der Waals surface area contributed by atoms with Gasteiger partial charge in [-0.2, -0.15) is 0 Å². The zero-order valence-corrected chi connectivity index (χ0v) is 12.6. The van der Waals surface area contributed by atoms with Crippen molar-refractivity contribution in [3.8, 4) is 0 Å². The molecule has 1 amide bonds. The van der Waals surface area contributed by atoms with E-state index in [0.29, 0.717) is 27.2 Å². The molecule has 0 spiro atoms. The lowest BCUT2D eigenvalue weighted by Gasteiger charge is -2.16. The molecule has 0 aliphatic rings. The summed E-state index contributed by atoms with van der Waals surface area (Å²) in [7, 11) is 1.74. The highest BCUT2D eigenvalue weighted by molar-refractivity contribution is 7.20. The summed E-state index contributed by atoms with van der Waals surface area (Å²) in [5.74, 6) is -0.121. The molecule has 6 heteroatoms. The van der Waals surface area contributed by atoms with Crippen molar-refractivity contribution >= 4 is 40.4 Å². The summed E-state index contributed by atoms with van der Waals surface area (Å²) in [5.41, 5.74) is 1.41. The van der Waals surface area contributed by atoms with Crippen molar-refractivity contribution in [3.05, 3.63) is 50.4 Å². The Bertz CT molecular complexity index is 571. The van der Waals surface area contributed by atoms with Crippen LogP contribution in [0.5, 0.6) is 0 Å². The number of nitrogens with zero attached hydrogens (tertiary/aromatic N) is 2. The lowest BCUT2D eigenvalue weighted by atomic mass is 10.2. The average Bonchev–Trinajstić information content (AvgIpc) is 2.75. The van der Waals surface area contributed by atoms with Gasteiger partial charge in [0.1, 0.15) is 4.34 Å². The van der Waals surface area contributed by atoms with Crippen LogP contribution in [0.4, 0.5) is 0 Å². The third-order valence-corrected chi connectivity index (χ3v) is 4.15. The highest BCUT2D eigenvalue weighted by Gasteiger charge is 2.17. The maximum Gasteiger partial charge on any atom is 0.256 e. The fraction of sp³-hybridized carbons (Fsp3) is 0.231. The Labute approximate surface area is 125 Å². The lowest BCUT2D eigenvalue weighted by molar-refractivity contribution is 0.0797. The first-order chi connectivity index (χ1) is 9.08. The summed E-state index contributed by atoms with van der Waals surface area (Å²) in [4.78, 5) is 18.0. The molecule has 0 aliphatic heterocycles. The van der Waals surface area contributed by atoms with Gasteiger partial charge in [-0.1, -0.05) is 29.3 Å². The molecule has 0 atom stereocenters. The van der Waals surface area contributed by atoms with Gasteiger partial charge in [0.25, 0.3) is 5.91 Å². The van der Waals surface area contributed by atoms with Crippen molar-refractivity contribution in [1.29, 1.82) is 0 Å². The Morgan fingerprint density at radius 2 is 2.21 bits per heavy atom. The SMILES string of the molecule is CN(CCc1ccccn1)C(=O)c1cc(Cl)sc1Cl. The van der Waals surface area contributed by atoms with Crippen LogP contribution in [0.2, 0.25) is 8.67 Å². The largest absolute Gasteiger partial charge is 0.341 e. The first-order valence-electron chi connectivity index (χ1n) is 5.68. The highest BCUT2D eigenvalue weighted by atomic mass is 35.5. The van der Waals surface area contributed by atoms with Gasteiger partial charge in [-0.3, -0.25) is 9.78 Å². The zero-order chi connectivity index (χ0) is 13.8. The summed E-state index contributed by atoms with van der Waals surface area (Å²) in [6.45, 7) is 0.583. The maximum absolute atomic E-state index is 12.2. The Morgan fingerprint density at radius 3 is 2.79 bits per heavy atom. The van der Waals surface area contributed by atoms with Gasteiger partial charge in [0.05, 0.1) is 9.90 Å². The third kappa shape index (κ3) is 3.69. The summed E-state index contributed by atoms with van der Waals surface area (Å²) in [6.07, 6.45) is 2.45. The number of pyridine rings is 1. The van der Waals surface area contributed by atoms with E-state index in [1.165, 1.54) is 11.3 Å². The quantitative estimate of drug-likeness (QED) is 0.860. The van der Waals surface area contributed by atoms with Gasteiger partial charge in [-0.05, 0) is 18.2 Å². The van der Waals surface area contributed by atoms with Crippen LogP contribution in [0.15, 0.2) is 30.5 Å². The molecule has 0 unspecified atom stereocenters. The average molecular weight is 315 g/mol. The molecule has 2 aromatic rings. The smallest absolute Gasteiger partial charge is 0.256 e. The van der Waals surface area contributed by atoms with Gasteiger partial charge in [-0.25, -0.2) is 0 Å². The summed E-state index contributed by atoms with van der Waals surface area (Å²) in [6, 6.07) is 7.34. The summed E-state index contributed by atoms with van der Waals surface area (Å²) in [5, 5.41) is 0. The van der Waals surface area contributed by atoms with Crippen LogP contribution in [-0.4, -0.2) is 29.4 Å². The molecule has 0 saturated heterocycles.